The predicted molar refractivity (Wildman–Crippen MR) is 117 cm³/mol. The van der Waals surface area contributed by atoms with Gasteiger partial charge in [-0.3, -0.25) is 9.10 Å². The summed E-state index contributed by atoms with van der Waals surface area (Å²) < 4.78 is 25.8. The van der Waals surface area contributed by atoms with Gasteiger partial charge in [-0.1, -0.05) is 82.3 Å². The van der Waals surface area contributed by atoms with Gasteiger partial charge in [0.25, 0.3) is 19.7 Å². The summed E-state index contributed by atoms with van der Waals surface area (Å²) in [7, 11) is -3.82. The van der Waals surface area contributed by atoms with Crippen LogP contribution in [0.4, 0.5) is 5.69 Å². The number of aryl methyl sites for hydroxylation is 2. The fourth-order valence-electron chi connectivity index (χ4n) is 3.06. The molecule has 2 aromatic rings. The van der Waals surface area contributed by atoms with E-state index < -0.39 is 25.8 Å². The van der Waals surface area contributed by atoms with Gasteiger partial charge in [0.2, 0.25) is 0 Å². The van der Waals surface area contributed by atoms with Crippen molar-refractivity contribution >= 4 is 56.4 Å². The van der Waals surface area contributed by atoms with E-state index in [1.54, 1.807) is 42.5 Å². The molecule has 0 fully saturated rings. The van der Waals surface area contributed by atoms with Crippen molar-refractivity contribution in [2.45, 2.75) is 28.6 Å². The number of halogens is 3. The van der Waals surface area contributed by atoms with E-state index in [1.165, 1.54) is 4.31 Å². The Kier molecular flexibility index (Phi) is 6.20. The Hall–Kier alpha value is -1.73. The SMILES string of the molecule is Cc1ccc(S(=O)(=O)N2CC=CC(NC(=O)C(Cl)(Cl)Cl)c3cc(C)ccc32)cc1. The zero-order valence-corrected chi connectivity index (χ0v) is 18.8. The Morgan fingerprint density at radius 1 is 1.07 bits per heavy atom. The molecule has 1 atom stereocenters. The summed E-state index contributed by atoms with van der Waals surface area (Å²) in [6.07, 6.45) is 3.36. The van der Waals surface area contributed by atoms with Gasteiger partial charge in [0.1, 0.15) is 0 Å². The zero-order valence-electron chi connectivity index (χ0n) is 15.7. The molecule has 1 N–H and O–H groups in total. The molecule has 1 heterocycles. The quantitative estimate of drug-likeness (QED) is 0.523. The van der Waals surface area contributed by atoms with E-state index in [4.69, 9.17) is 34.8 Å². The Labute approximate surface area is 185 Å². The first kappa shape index (κ1) is 22.0. The van der Waals surface area contributed by atoms with Gasteiger partial charge in [-0.15, -0.1) is 0 Å². The molecule has 0 radical (unpaired) electrons. The van der Waals surface area contributed by atoms with E-state index in [-0.39, 0.29) is 11.4 Å². The highest BCUT2D eigenvalue weighted by molar-refractivity contribution is 7.92. The molecule has 1 aliphatic rings. The standard InChI is InChI=1S/C20H19Cl3N2O3S/c1-13-5-8-15(9-6-13)29(27,28)25-11-3-4-17(24-19(26)20(21,22)23)16-12-14(2)7-10-18(16)25/h3-10,12,17H,11H2,1-2H3,(H,24,26). The van der Waals surface area contributed by atoms with Crippen molar-refractivity contribution < 1.29 is 13.2 Å². The molecule has 0 spiro atoms. The fourth-order valence-corrected chi connectivity index (χ4v) is 4.66. The number of rotatable bonds is 3. The van der Waals surface area contributed by atoms with Crippen LogP contribution < -0.4 is 9.62 Å². The number of benzene rings is 2. The molecule has 0 saturated heterocycles. The highest BCUT2D eigenvalue weighted by Crippen LogP contribution is 2.35. The second kappa shape index (κ2) is 8.19. The topological polar surface area (TPSA) is 66.5 Å². The van der Waals surface area contributed by atoms with Gasteiger partial charge in [-0.2, -0.15) is 0 Å². The monoisotopic (exact) mass is 472 g/mol. The Morgan fingerprint density at radius 2 is 1.69 bits per heavy atom. The van der Waals surface area contributed by atoms with E-state index in [1.807, 2.05) is 26.0 Å². The number of nitrogens with zero attached hydrogens (tertiary/aromatic N) is 1. The van der Waals surface area contributed by atoms with Gasteiger partial charge in [-0.05, 0) is 32.0 Å². The number of carbonyl (C=O) groups is 1. The second-order valence-corrected chi connectivity index (χ2v) is 10.9. The molecule has 1 aliphatic heterocycles. The Morgan fingerprint density at radius 3 is 2.31 bits per heavy atom. The smallest absolute Gasteiger partial charge is 0.272 e. The highest BCUT2D eigenvalue weighted by Gasteiger charge is 2.34. The van der Waals surface area contributed by atoms with Gasteiger partial charge in [0, 0.05) is 5.56 Å². The van der Waals surface area contributed by atoms with Crippen LogP contribution in [0.1, 0.15) is 22.7 Å². The van der Waals surface area contributed by atoms with Gasteiger partial charge in [0.15, 0.2) is 0 Å². The van der Waals surface area contributed by atoms with E-state index in [0.717, 1.165) is 11.1 Å². The van der Waals surface area contributed by atoms with Crippen LogP contribution in [0.2, 0.25) is 0 Å². The number of anilines is 1. The van der Waals surface area contributed by atoms with Gasteiger partial charge in [0.05, 0.1) is 23.2 Å². The van der Waals surface area contributed by atoms with Crippen LogP contribution in [0.15, 0.2) is 59.5 Å². The van der Waals surface area contributed by atoms with Gasteiger partial charge >= 0.3 is 0 Å². The number of nitrogens with one attached hydrogen (secondary N) is 1. The number of fused-ring (bicyclic) bond motifs is 1. The van der Waals surface area contributed by atoms with E-state index in [0.29, 0.717) is 11.3 Å². The van der Waals surface area contributed by atoms with Gasteiger partial charge in [-0.25, -0.2) is 8.42 Å². The Balaban J connectivity index is 2.07. The lowest BCUT2D eigenvalue weighted by Gasteiger charge is -2.26. The van der Waals surface area contributed by atoms with Crippen LogP contribution in [-0.4, -0.2) is 24.7 Å². The van der Waals surface area contributed by atoms with Crippen LogP contribution in [-0.2, 0) is 14.8 Å². The Bertz CT molecular complexity index is 1060. The third-order valence-corrected chi connectivity index (χ3v) is 6.85. The molecule has 0 aliphatic carbocycles. The average molecular weight is 474 g/mol. The molecule has 0 saturated carbocycles. The molecule has 1 unspecified atom stereocenters. The van der Waals surface area contributed by atoms with E-state index in [9.17, 15) is 13.2 Å². The lowest BCUT2D eigenvalue weighted by molar-refractivity contribution is -0.120. The minimum absolute atomic E-state index is 0.104. The molecular formula is C20H19Cl3N2O3S. The van der Waals surface area contributed by atoms with Crippen LogP contribution in [0.5, 0.6) is 0 Å². The molecule has 0 bridgehead atoms. The normalized spacial score (nSPS) is 16.9. The number of carbonyl (C=O) groups excluding carboxylic acids is 1. The first-order valence-corrected chi connectivity index (χ1v) is 11.3. The summed E-state index contributed by atoms with van der Waals surface area (Å²) in [5.41, 5.74) is 2.91. The first-order valence-electron chi connectivity index (χ1n) is 8.74. The number of hydrogen-bond acceptors (Lipinski definition) is 3. The summed E-state index contributed by atoms with van der Waals surface area (Å²) in [4.78, 5) is 12.4. The van der Waals surface area contributed by atoms with Crippen molar-refractivity contribution in [1.29, 1.82) is 0 Å². The highest BCUT2D eigenvalue weighted by atomic mass is 35.6. The summed E-state index contributed by atoms with van der Waals surface area (Å²) in [5, 5.41) is 2.66. The molecule has 154 valence electrons. The largest absolute Gasteiger partial charge is 0.342 e. The van der Waals surface area contributed by atoms with Crippen molar-refractivity contribution in [2.75, 3.05) is 10.8 Å². The van der Waals surface area contributed by atoms with Crippen LogP contribution >= 0.6 is 34.8 Å². The molecule has 2 aromatic carbocycles. The summed E-state index contributed by atoms with van der Waals surface area (Å²) in [6, 6.07) is 11.4. The third-order valence-electron chi connectivity index (χ3n) is 4.54. The molecule has 0 aromatic heterocycles. The van der Waals surface area contributed by atoms with E-state index >= 15 is 0 Å². The maximum atomic E-state index is 13.3. The van der Waals surface area contributed by atoms with Crippen molar-refractivity contribution in [1.82, 2.24) is 5.32 Å². The molecule has 1 amide bonds. The summed E-state index contributed by atoms with van der Waals surface area (Å²) >= 11 is 17.1. The van der Waals surface area contributed by atoms with Crippen LogP contribution in [0, 0.1) is 13.8 Å². The number of alkyl halides is 3. The second-order valence-electron chi connectivity index (χ2n) is 6.79. The number of hydrogen-bond donors (Lipinski definition) is 1. The summed E-state index contributed by atoms with van der Waals surface area (Å²) in [6.45, 7) is 3.87. The molecular weight excluding hydrogens is 455 g/mol. The molecule has 5 nitrogen and oxygen atoms in total. The zero-order chi connectivity index (χ0) is 21.4. The lowest BCUT2D eigenvalue weighted by atomic mass is 10.0. The number of sulfonamides is 1. The van der Waals surface area contributed by atoms with Crippen LogP contribution in [0.3, 0.4) is 0 Å². The molecule has 3 rings (SSSR count). The maximum absolute atomic E-state index is 13.3. The van der Waals surface area contributed by atoms with Crippen molar-refractivity contribution in [3.8, 4) is 0 Å². The number of amides is 1. The van der Waals surface area contributed by atoms with Crippen molar-refractivity contribution in [3.05, 3.63) is 71.3 Å². The maximum Gasteiger partial charge on any atom is 0.272 e. The average Bonchev–Trinajstić information content (AvgIpc) is 2.81. The van der Waals surface area contributed by atoms with E-state index in [2.05, 4.69) is 5.32 Å². The third kappa shape index (κ3) is 4.72. The van der Waals surface area contributed by atoms with Crippen molar-refractivity contribution in [2.24, 2.45) is 0 Å². The van der Waals surface area contributed by atoms with Gasteiger partial charge < -0.3 is 5.32 Å². The molecule has 9 heteroatoms. The van der Waals surface area contributed by atoms with Crippen molar-refractivity contribution in [3.63, 3.8) is 0 Å². The fraction of sp³-hybridized carbons (Fsp3) is 0.250. The minimum Gasteiger partial charge on any atom is -0.342 e. The van der Waals surface area contributed by atoms with Crippen LogP contribution in [0.25, 0.3) is 0 Å². The molecule has 29 heavy (non-hydrogen) atoms. The first-order chi connectivity index (χ1) is 13.5. The lowest BCUT2D eigenvalue weighted by Crippen LogP contribution is -2.37. The predicted octanol–water partition coefficient (Wildman–Crippen LogP) is 4.60. The summed E-state index contributed by atoms with van der Waals surface area (Å²) in [5.74, 6) is -0.792. The minimum atomic E-state index is -3.82.